The highest BCUT2D eigenvalue weighted by Crippen LogP contribution is 2.21. The van der Waals surface area contributed by atoms with Gasteiger partial charge in [-0.15, -0.1) is 0 Å². The lowest BCUT2D eigenvalue weighted by molar-refractivity contribution is -0.136. The second-order valence-electron chi connectivity index (χ2n) is 11.0. The first-order valence-corrected chi connectivity index (χ1v) is 12.9. The third kappa shape index (κ3) is 8.66. The molecule has 0 spiro atoms. The minimum absolute atomic E-state index is 0.103. The summed E-state index contributed by atoms with van der Waals surface area (Å²) in [6.07, 6.45) is 3.82. The highest BCUT2D eigenvalue weighted by molar-refractivity contribution is 5.93. The van der Waals surface area contributed by atoms with Crippen molar-refractivity contribution in [3.63, 3.8) is 0 Å². The molecule has 0 saturated carbocycles. The van der Waals surface area contributed by atoms with E-state index < -0.39 is 30.1 Å². The summed E-state index contributed by atoms with van der Waals surface area (Å²) in [6.45, 7) is 12.0. The predicted octanol–water partition coefficient (Wildman–Crippen LogP) is 3.18. The highest BCUT2D eigenvalue weighted by atomic mass is 16.5. The monoisotopic (exact) mass is 500 g/mol. The molecular weight excluding hydrogens is 456 g/mol. The molecule has 2 heterocycles. The number of likely N-dealkylation sites (N-methyl/N-ethyl adjacent to an activating group) is 1. The van der Waals surface area contributed by atoms with Crippen molar-refractivity contribution in [3.8, 4) is 5.75 Å². The van der Waals surface area contributed by atoms with E-state index in [9.17, 15) is 14.4 Å². The van der Waals surface area contributed by atoms with Crippen molar-refractivity contribution in [1.82, 2.24) is 20.9 Å². The van der Waals surface area contributed by atoms with E-state index in [4.69, 9.17) is 4.74 Å². The number of nitrogens with zero attached hydrogens (tertiary/aromatic N) is 1. The van der Waals surface area contributed by atoms with E-state index in [-0.39, 0.29) is 23.7 Å². The summed E-state index contributed by atoms with van der Waals surface area (Å²) in [5.41, 5.74) is 0.901. The van der Waals surface area contributed by atoms with E-state index in [1.807, 2.05) is 71.0 Å². The maximum Gasteiger partial charge on any atom is 0.247 e. The van der Waals surface area contributed by atoms with Gasteiger partial charge in [-0.3, -0.25) is 19.3 Å². The SMILES string of the molecule is CC(C)C[C@@H]1NC(=O)[C@@H](NC(=O)[C@H](CC(C)C)N(C)C)[C@H](C(C)C)Oc2ccc(cc2)/C=C\NC1=O. The van der Waals surface area contributed by atoms with Crippen LogP contribution in [0.5, 0.6) is 5.75 Å². The van der Waals surface area contributed by atoms with Crippen molar-refractivity contribution in [2.24, 2.45) is 17.8 Å². The van der Waals surface area contributed by atoms with Gasteiger partial charge in [-0.05, 0) is 68.5 Å². The van der Waals surface area contributed by atoms with Gasteiger partial charge in [0.05, 0.1) is 6.04 Å². The number of carbonyl (C=O) groups excluding carboxylic acids is 3. The van der Waals surface area contributed by atoms with Crippen LogP contribution in [-0.4, -0.2) is 60.9 Å². The van der Waals surface area contributed by atoms with Crippen LogP contribution in [0.1, 0.15) is 59.9 Å². The van der Waals surface area contributed by atoms with Gasteiger partial charge >= 0.3 is 0 Å². The molecule has 4 atom stereocenters. The van der Waals surface area contributed by atoms with Gasteiger partial charge in [-0.2, -0.15) is 0 Å². The highest BCUT2D eigenvalue weighted by Gasteiger charge is 2.38. The average Bonchev–Trinajstić information content (AvgIpc) is 2.78. The number of benzene rings is 1. The van der Waals surface area contributed by atoms with Crippen LogP contribution >= 0.6 is 0 Å². The molecule has 0 fully saturated rings. The topological polar surface area (TPSA) is 99.8 Å². The van der Waals surface area contributed by atoms with Crippen LogP contribution in [0, 0.1) is 17.8 Å². The molecule has 0 unspecified atom stereocenters. The third-order valence-electron chi connectivity index (χ3n) is 6.18. The van der Waals surface area contributed by atoms with Gasteiger partial charge in [0.25, 0.3) is 0 Å². The Morgan fingerprint density at radius 1 is 1.00 bits per heavy atom. The molecule has 3 N–H and O–H groups in total. The Hall–Kier alpha value is -2.87. The lowest BCUT2D eigenvalue weighted by Gasteiger charge is -2.34. The van der Waals surface area contributed by atoms with Gasteiger partial charge in [-0.1, -0.05) is 53.7 Å². The summed E-state index contributed by atoms with van der Waals surface area (Å²) in [6, 6.07) is 5.25. The molecule has 2 aliphatic heterocycles. The molecule has 8 heteroatoms. The fourth-order valence-electron chi connectivity index (χ4n) is 4.23. The molecule has 1 aromatic rings. The summed E-state index contributed by atoms with van der Waals surface area (Å²) < 4.78 is 6.31. The Morgan fingerprint density at radius 3 is 2.17 bits per heavy atom. The standard InChI is InChI=1S/C28H44N4O4/c1-17(2)15-22-26(33)29-14-13-20-9-11-21(12-10-20)36-25(19(5)6)24(28(35)30-22)31-27(34)23(32(7)8)16-18(3)4/h9-14,17-19,22-25H,15-16H2,1-8H3,(H,29,33)(H,30,35)(H,31,34)/b14-13-/t22-,23-,24-,25-/m0/s1. The lowest BCUT2D eigenvalue weighted by Crippen LogP contribution is -2.61. The Morgan fingerprint density at radius 2 is 1.64 bits per heavy atom. The molecular formula is C28H44N4O4. The zero-order valence-corrected chi connectivity index (χ0v) is 23.0. The van der Waals surface area contributed by atoms with Gasteiger partial charge in [0.2, 0.25) is 17.7 Å². The molecule has 0 aliphatic carbocycles. The normalized spacial score (nSPS) is 22.7. The summed E-state index contributed by atoms with van der Waals surface area (Å²) in [5.74, 6) is -0.0262. The van der Waals surface area contributed by atoms with Crippen molar-refractivity contribution < 1.29 is 19.1 Å². The summed E-state index contributed by atoms with van der Waals surface area (Å²) >= 11 is 0. The van der Waals surface area contributed by atoms with Gasteiger partial charge in [0.15, 0.2) is 0 Å². The lowest BCUT2D eigenvalue weighted by atomic mass is 9.95. The van der Waals surface area contributed by atoms with Crippen molar-refractivity contribution in [2.45, 2.75) is 78.6 Å². The smallest absolute Gasteiger partial charge is 0.247 e. The molecule has 0 saturated heterocycles. The molecule has 2 aliphatic rings. The zero-order valence-electron chi connectivity index (χ0n) is 23.0. The molecule has 1 aromatic carbocycles. The van der Waals surface area contributed by atoms with Crippen LogP contribution in [-0.2, 0) is 14.4 Å². The fraction of sp³-hybridized carbons (Fsp3) is 0.607. The van der Waals surface area contributed by atoms with E-state index in [0.717, 1.165) is 5.56 Å². The number of nitrogens with one attached hydrogen (secondary N) is 3. The van der Waals surface area contributed by atoms with E-state index in [2.05, 4.69) is 29.8 Å². The Kier molecular flexibility index (Phi) is 11.0. The van der Waals surface area contributed by atoms with Gasteiger partial charge in [-0.25, -0.2) is 0 Å². The molecule has 3 rings (SSSR count). The Balaban J connectivity index is 2.50. The summed E-state index contributed by atoms with van der Waals surface area (Å²) in [4.78, 5) is 42.0. The van der Waals surface area contributed by atoms with Crippen LogP contribution in [0.4, 0.5) is 0 Å². The molecule has 36 heavy (non-hydrogen) atoms. The minimum atomic E-state index is -0.993. The minimum Gasteiger partial charge on any atom is -0.487 e. The van der Waals surface area contributed by atoms with Crippen LogP contribution in [0.3, 0.4) is 0 Å². The zero-order chi connectivity index (χ0) is 27.0. The predicted molar refractivity (Wildman–Crippen MR) is 143 cm³/mol. The second kappa shape index (κ2) is 13.4. The first kappa shape index (κ1) is 29.4. The van der Waals surface area contributed by atoms with E-state index in [1.54, 1.807) is 12.3 Å². The first-order valence-electron chi connectivity index (χ1n) is 12.9. The van der Waals surface area contributed by atoms with Gasteiger partial charge in [0, 0.05) is 6.20 Å². The number of amides is 3. The van der Waals surface area contributed by atoms with Gasteiger partial charge < -0.3 is 20.7 Å². The summed E-state index contributed by atoms with van der Waals surface area (Å²) in [5, 5.41) is 8.67. The number of ether oxygens (including phenoxy) is 1. The second-order valence-corrected chi connectivity index (χ2v) is 11.0. The van der Waals surface area contributed by atoms with Crippen LogP contribution in [0.15, 0.2) is 30.5 Å². The van der Waals surface area contributed by atoms with Crippen LogP contribution in [0.25, 0.3) is 6.08 Å². The number of hydrogen-bond donors (Lipinski definition) is 3. The third-order valence-corrected chi connectivity index (χ3v) is 6.18. The number of fused-ring (bicyclic) bond motifs is 10. The Labute approximate surface area is 216 Å². The summed E-state index contributed by atoms with van der Waals surface area (Å²) in [7, 11) is 3.71. The van der Waals surface area contributed by atoms with E-state index >= 15 is 0 Å². The molecule has 2 bridgehead atoms. The molecule has 3 amide bonds. The molecule has 0 aromatic heterocycles. The molecule has 0 radical (unpaired) electrons. The fourth-order valence-corrected chi connectivity index (χ4v) is 4.23. The molecule has 8 nitrogen and oxygen atoms in total. The van der Waals surface area contributed by atoms with Crippen LogP contribution in [0.2, 0.25) is 0 Å². The van der Waals surface area contributed by atoms with E-state index in [1.165, 1.54) is 0 Å². The van der Waals surface area contributed by atoms with Crippen molar-refractivity contribution in [3.05, 3.63) is 36.0 Å². The van der Waals surface area contributed by atoms with E-state index in [0.29, 0.717) is 24.5 Å². The average molecular weight is 501 g/mol. The maximum absolute atomic E-state index is 13.7. The number of rotatable bonds is 8. The van der Waals surface area contributed by atoms with Crippen molar-refractivity contribution in [2.75, 3.05) is 14.1 Å². The Bertz CT molecular complexity index is 909. The number of hydrogen-bond acceptors (Lipinski definition) is 5. The number of carbonyl (C=O) groups is 3. The maximum atomic E-state index is 13.7. The molecule has 200 valence electrons. The van der Waals surface area contributed by atoms with Crippen molar-refractivity contribution >= 4 is 23.8 Å². The largest absolute Gasteiger partial charge is 0.487 e. The van der Waals surface area contributed by atoms with Gasteiger partial charge in [0.1, 0.15) is 23.9 Å². The van der Waals surface area contributed by atoms with Crippen LogP contribution < -0.4 is 20.7 Å². The quantitative estimate of drug-likeness (QED) is 0.509. The first-order chi connectivity index (χ1) is 16.9. The van der Waals surface area contributed by atoms with Crippen molar-refractivity contribution in [1.29, 1.82) is 0 Å².